The highest BCUT2D eigenvalue weighted by Gasteiger charge is 2.17. The Morgan fingerprint density at radius 2 is 1.85 bits per heavy atom. The van der Waals surface area contributed by atoms with Crippen molar-refractivity contribution < 1.29 is 8.42 Å². The van der Waals surface area contributed by atoms with Crippen LogP contribution in [0.3, 0.4) is 0 Å². The van der Waals surface area contributed by atoms with Gasteiger partial charge in [-0.25, -0.2) is 13.1 Å². The van der Waals surface area contributed by atoms with Crippen LogP contribution in [0.2, 0.25) is 10.0 Å². The molecule has 0 aliphatic heterocycles. The summed E-state index contributed by atoms with van der Waals surface area (Å²) in [5, 5.41) is 4.87. The second kappa shape index (κ2) is 8.44. The molecular formula is C19H19Cl2N3O2S. The molecule has 0 amide bonds. The maximum Gasteiger partial charge on any atom is 0.242 e. The molecule has 2 aromatic carbocycles. The number of benzene rings is 2. The SMILES string of the molecule is Cc1ccc2c(NCCCNS(=O)(=O)c3ccc(Cl)cc3Cl)ccnc2c1. The average Bonchev–Trinajstić information content (AvgIpc) is 2.60. The number of anilines is 1. The van der Waals surface area contributed by atoms with Gasteiger partial charge < -0.3 is 5.32 Å². The monoisotopic (exact) mass is 423 g/mol. The van der Waals surface area contributed by atoms with Gasteiger partial charge >= 0.3 is 0 Å². The Hall–Kier alpha value is -1.86. The zero-order chi connectivity index (χ0) is 19.4. The molecule has 0 atom stereocenters. The molecule has 3 aromatic rings. The van der Waals surface area contributed by atoms with Crippen LogP contribution in [0.4, 0.5) is 5.69 Å². The fourth-order valence-electron chi connectivity index (χ4n) is 2.70. The van der Waals surface area contributed by atoms with Crippen molar-refractivity contribution in [3.8, 4) is 0 Å². The minimum atomic E-state index is -3.67. The third kappa shape index (κ3) is 4.90. The van der Waals surface area contributed by atoms with E-state index in [4.69, 9.17) is 23.2 Å². The number of aromatic nitrogens is 1. The van der Waals surface area contributed by atoms with Crippen molar-refractivity contribution >= 4 is 49.8 Å². The highest BCUT2D eigenvalue weighted by atomic mass is 35.5. The molecule has 2 N–H and O–H groups in total. The van der Waals surface area contributed by atoms with Crippen molar-refractivity contribution in [3.63, 3.8) is 0 Å². The number of halogens is 2. The fraction of sp³-hybridized carbons (Fsp3) is 0.211. The maximum atomic E-state index is 12.3. The Bertz CT molecular complexity index is 1070. The lowest BCUT2D eigenvalue weighted by atomic mass is 10.1. The van der Waals surface area contributed by atoms with E-state index in [-0.39, 0.29) is 16.5 Å². The van der Waals surface area contributed by atoms with Crippen LogP contribution in [0.15, 0.2) is 53.6 Å². The lowest BCUT2D eigenvalue weighted by molar-refractivity contribution is 0.580. The molecule has 142 valence electrons. The van der Waals surface area contributed by atoms with Crippen molar-refractivity contribution in [2.24, 2.45) is 0 Å². The van der Waals surface area contributed by atoms with Gasteiger partial charge in [0.1, 0.15) is 4.90 Å². The second-order valence-electron chi connectivity index (χ2n) is 6.13. The van der Waals surface area contributed by atoms with E-state index >= 15 is 0 Å². The van der Waals surface area contributed by atoms with Gasteiger partial charge in [0.25, 0.3) is 0 Å². The summed E-state index contributed by atoms with van der Waals surface area (Å²) in [6.45, 7) is 2.93. The average molecular weight is 424 g/mol. The third-order valence-electron chi connectivity index (χ3n) is 4.04. The number of rotatable bonds is 7. The minimum Gasteiger partial charge on any atom is -0.384 e. The largest absolute Gasteiger partial charge is 0.384 e. The summed E-state index contributed by atoms with van der Waals surface area (Å²) in [4.78, 5) is 4.40. The van der Waals surface area contributed by atoms with Crippen molar-refractivity contribution in [1.82, 2.24) is 9.71 Å². The van der Waals surface area contributed by atoms with Gasteiger partial charge in [-0.15, -0.1) is 0 Å². The van der Waals surface area contributed by atoms with Crippen molar-refractivity contribution in [2.75, 3.05) is 18.4 Å². The summed E-state index contributed by atoms with van der Waals surface area (Å²) < 4.78 is 27.2. The Labute approximate surface area is 168 Å². The highest BCUT2D eigenvalue weighted by molar-refractivity contribution is 7.89. The van der Waals surface area contributed by atoms with Crippen LogP contribution in [0.5, 0.6) is 0 Å². The van der Waals surface area contributed by atoms with Crippen LogP contribution in [0.25, 0.3) is 10.9 Å². The zero-order valence-corrected chi connectivity index (χ0v) is 17.0. The first-order valence-electron chi connectivity index (χ1n) is 8.41. The lowest BCUT2D eigenvalue weighted by Gasteiger charge is -2.11. The number of fused-ring (bicyclic) bond motifs is 1. The number of aryl methyl sites for hydroxylation is 1. The van der Waals surface area contributed by atoms with Crippen LogP contribution in [-0.2, 0) is 10.0 Å². The molecular weight excluding hydrogens is 405 g/mol. The van der Waals surface area contributed by atoms with Crippen molar-refractivity contribution in [1.29, 1.82) is 0 Å². The molecule has 1 aromatic heterocycles. The molecule has 0 spiro atoms. The van der Waals surface area contributed by atoms with Gasteiger partial charge in [0.2, 0.25) is 10.0 Å². The topological polar surface area (TPSA) is 71.1 Å². The van der Waals surface area contributed by atoms with Gasteiger partial charge in [-0.2, -0.15) is 0 Å². The van der Waals surface area contributed by atoms with E-state index in [1.165, 1.54) is 18.2 Å². The Kier molecular flexibility index (Phi) is 6.22. The quantitative estimate of drug-likeness (QED) is 0.543. The Morgan fingerprint density at radius 3 is 2.63 bits per heavy atom. The van der Waals surface area contributed by atoms with Crippen LogP contribution < -0.4 is 10.0 Å². The van der Waals surface area contributed by atoms with Gasteiger partial charge in [0, 0.05) is 35.4 Å². The molecule has 27 heavy (non-hydrogen) atoms. The molecule has 0 saturated carbocycles. The standard InChI is InChI=1S/C19H19Cl2N3O2S/c1-13-3-5-15-17(7-10-23-18(15)11-13)22-8-2-9-24-27(25,26)19-6-4-14(20)12-16(19)21/h3-7,10-12,24H,2,8-9H2,1H3,(H,22,23). The predicted octanol–water partition coefficient (Wildman–Crippen LogP) is 4.63. The van der Waals surface area contributed by atoms with E-state index in [1.54, 1.807) is 6.20 Å². The van der Waals surface area contributed by atoms with Crippen molar-refractivity contribution in [2.45, 2.75) is 18.2 Å². The van der Waals surface area contributed by atoms with Gasteiger partial charge in [0.15, 0.2) is 0 Å². The molecule has 0 bridgehead atoms. The summed E-state index contributed by atoms with van der Waals surface area (Å²) in [7, 11) is -3.67. The minimum absolute atomic E-state index is 0.0250. The van der Waals surface area contributed by atoms with Crippen LogP contribution in [-0.4, -0.2) is 26.5 Å². The van der Waals surface area contributed by atoms with E-state index < -0.39 is 10.0 Å². The van der Waals surface area contributed by atoms with E-state index in [2.05, 4.69) is 15.0 Å². The van der Waals surface area contributed by atoms with Gasteiger partial charge in [-0.05, 0) is 49.2 Å². The molecule has 1 heterocycles. The zero-order valence-electron chi connectivity index (χ0n) is 14.7. The first kappa shape index (κ1) is 19.9. The second-order valence-corrected chi connectivity index (χ2v) is 8.71. The molecule has 5 nitrogen and oxygen atoms in total. The van der Waals surface area contributed by atoms with Gasteiger partial charge in [0.05, 0.1) is 10.5 Å². The Balaban J connectivity index is 1.56. The number of sulfonamides is 1. The van der Waals surface area contributed by atoms with Crippen LogP contribution in [0.1, 0.15) is 12.0 Å². The molecule has 0 unspecified atom stereocenters. The highest BCUT2D eigenvalue weighted by Crippen LogP contribution is 2.25. The van der Waals surface area contributed by atoms with E-state index in [0.717, 1.165) is 22.2 Å². The van der Waals surface area contributed by atoms with E-state index in [9.17, 15) is 8.42 Å². The number of hydrogen-bond acceptors (Lipinski definition) is 4. The van der Waals surface area contributed by atoms with E-state index in [1.807, 2.05) is 31.2 Å². The van der Waals surface area contributed by atoms with Gasteiger partial charge in [-0.1, -0.05) is 35.3 Å². The number of pyridine rings is 1. The molecule has 3 rings (SSSR count). The summed E-state index contributed by atoms with van der Waals surface area (Å²) in [5.74, 6) is 0. The third-order valence-corrected chi connectivity index (χ3v) is 6.22. The molecule has 0 radical (unpaired) electrons. The fourth-order valence-corrected chi connectivity index (χ4v) is 4.55. The van der Waals surface area contributed by atoms with Crippen LogP contribution >= 0.6 is 23.2 Å². The molecule has 8 heteroatoms. The Morgan fingerprint density at radius 1 is 1.04 bits per heavy atom. The number of nitrogens with zero attached hydrogens (tertiary/aromatic N) is 1. The smallest absolute Gasteiger partial charge is 0.242 e. The molecule has 0 aliphatic carbocycles. The number of hydrogen-bond donors (Lipinski definition) is 2. The number of nitrogens with one attached hydrogen (secondary N) is 2. The summed E-state index contributed by atoms with van der Waals surface area (Å²) in [6.07, 6.45) is 2.37. The first-order valence-corrected chi connectivity index (χ1v) is 10.6. The van der Waals surface area contributed by atoms with Crippen molar-refractivity contribution in [3.05, 3.63) is 64.3 Å². The normalized spacial score (nSPS) is 11.7. The summed E-state index contributed by atoms with van der Waals surface area (Å²) in [6, 6.07) is 12.3. The first-order chi connectivity index (χ1) is 12.9. The molecule has 0 fully saturated rings. The maximum absolute atomic E-state index is 12.3. The summed E-state index contributed by atoms with van der Waals surface area (Å²) in [5.41, 5.74) is 3.06. The van der Waals surface area contributed by atoms with E-state index in [0.29, 0.717) is 18.0 Å². The molecule has 0 aliphatic rings. The van der Waals surface area contributed by atoms with Crippen LogP contribution in [0, 0.1) is 6.92 Å². The summed E-state index contributed by atoms with van der Waals surface area (Å²) >= 11 is 11.8. The van der Waals surface area contributed by atoms with Gasteiger partial charge in [-0.3, -0.25) is 4.98 Å². The lowest BCUT2D eigenvalue weighted by Crippen LogP contribution is -2.26. The predicted molar refractivity (Wildman–Crippen MR) is 111 cm³/mol. The molecule has 0 saturated heterocycles.